The van der Waals surface area contributed by atoms with E-state index < -0.39 is 0 Å². The van der Waals surface area contributed by atoms with Gasteiger partial charge in [-0.25, -0.2) is 4.98 Å². The Hall–Kier alpha value is -1.98. The van der Waals surface area contributed by atoms with E-state index in [1.54, 1.807) is 16.2 Å². The molecule has 0 bridgehead atoms. The van der Waals surface area contributed by atoms with E-state index in [-0.39, 0.29) is 5.91 Å². The van der Waals surface area contributed by atoms with Gasteiger partial charge in [-0.2, -0.15) is 0 Å². The van der Waals surface area contributed by atoms with Crippen LogP contribution < -0.4 is 4.90 Å². The second kappa shape index (κ2) is 7.73. The lowest BCUT2D eigenvalue weighted by Gasteiger charge is -2.20. The molecule has 1 heterocycles. The molecule has 0 aliphatic heterocycles. The zero-order chi connectivity index (χ0) is 16.9. The molecule has 0 aliphatic rings. The van der Waals surface area contributed by atoms with Crippen LogP contribution in [0.4, 0.5) is 5.69 Å². The van der Waals surface area contributed by atoms with E-state index in [4.69, 9.17) is 0 Å². The van der Waals surface area contributed by atoms with E-state index in [0.717, 1.165) is 26.4 Å². The molecule has 3 aromatic rings. The summed E-state index contributed by atoms with van der Waals surface area (Å²) in [5, 5.41) is 2.90. The maximum Gasteiger partial charge on any atom is 0.233 e. The molecular weight excluding hydrogens is 384 g/mol. The molecule has 0 aliphatic carbocycles. The van der Waals surface area contributed by atoms with Crippen LogP contribution in [-0.4, -0.2) is 17.4 Å². The SMILES string of the molecule is CCN(C(=O)Cc1csc(-c2cccc(Br)c2)n1)c1ccccc1. The number of nitrogens with zero attached hydrogens (tertiary/aromatic N) is 2. The molecule has 0 saturated carbocycles. The van der Waals surface area contributed by atoms with Crippen LogP contribution in [0.3, 0.4) is 0 Å². The highest BCUT2D eigenvalue weighted by Gasteiger charge is 2.16. The van der Waals surface area contributed by atoms with Gasteiger partial charge in [-0.05, 0) is 31.2 Å². The maximum absolute atomic E-state index is 12.6. The summed E-state index contributed by atoms with van der Waals surface area (Å²) in [7, 11) is 0. The average Bonchev–Trinajstić information content (AvgIpc) is 3.05. The van der Waals surface area contributed by atoms with Gasteiger partial charge in [0.05, 0.1) is 12.1 Å². The summed E-state index contributed by atoms with van der Waals surface area (Å²) in [6, 6.07) is 17.8. The number of halogens is 1. The Kier molecular flexibility index (Phi) is 5.43. The van der Waals surface area contributed by atoms with Gasteiger partial charge in [0.1, 0.15) is 5.01 Å². The van der Waals surface area contributed by atoms with Gasteiger partial charge in [-0.3, -0.25) is 4.79 Å². The molecule has 3 rings (SSSR count). The number of hydrogen-bond donors (Lipinski definition) is 0. The second-order valence-corrected chi connectivity index (χ2v) is 7.08. The van der Waals surface area contributed by atoms with Gasteiger partial charge >= 0.3 is 0 Å². The number of anilines is 1. The van der Waals surface area contributed by atoms with E-state index in [9.17, 15) is 4.79 Å². The zero-order valence-corrected chi connectivity index (χ0v) is 15.7. The monoisotopic (exact) mass is 400 g/mol. The minimum Gasteiger partial charge on any atom is -0.312 e. The molecule has 24 heavy (non-hydrogen) atoms. The highest BCUT2D eigenvalue weighted by Crippen LogP contribution is 2.26. The quantitative estimate of drug-likeness (QED) is 0.591. The van der Waals surface area contributed by atoms with Crippen LogP contribution in [0.5, 0.6) is 0 Å². The summed E-state index contributed by atoms with van der Waals surface area (Å²) >= 11 is 5.04. The number of aromatic nitrogens is 1. The van der Waals surface area contributed by atoms with Gasteiger partial charge in [0.2, 0.25) is 5.91 Å². The fourth-order valence-corrected chi connectivity index (χ4v) is 3.72. The summed E-state index contributed by atoms with van der Waals surface area (Å²) in [4.78, 5) is 19.0. The molecule has 0 unspecified atom stereocenters. The number of benzene rings is 2. The summed E-state index contributed by atoms with van der Waals surface area (Å²) in [6.45, 7) is 2.63. The molecule has 0 spiro atoms. The lowest BCUT2D eigenvalue weighted by Crippen LogP contribution is -2.32. The van der Waals surface area contributed by atoms with Crippen LogP contribution in [0.2, 0.25) is 0 Å². The van der Waals surface area contributed by atoms with Crippen LogP contribution in [0.1, 0.15) is 12.6 Å². The average molecular weight is 401 g/mol. The van der Waals surface area contributed by atoms with Gasteiger partial charge in [0.15, 0.2) is 0 Å². The van der Waals surface area contributed by atoms with Crippen molar-refractivity contribution < 1.29 is 4.79 Å². The van der Waals surface area contributed by atoms with Gasteiger partial charge in [0, 0.05) is 27.6 Å². The highest BCUT2D eigenvalue weighted by atomic mass is 79.9. The van der Waals surface area contributed by atoms with Crippen molar-refractivity contribution in [1.82, 2.24) is 4.98 Å². The molecule has 1 amide bonds. The van der Waals surface area contributed by atoms with Crippen LogP contribution in [-0.2, 0) is 11.2 Å². The first-order valence-corrected chi connectivity index (χ1v) is 9.40. The first kappa shape index (κ1) is 16.9. The molecule has 0 radical (unpaired) electrons. The highest BCUT2D eigenvalue weighted by molar-refractivity contribution is 9.10. The molecule has 1 aromatic heterocycles. The van der Waals surface area contributed by atoms with Crippen molar-refractivity contribution in [2.75, 3.05) is 11.4 Å². The smallest absolute Gasteiger partial charge is 0.233 e. The number of rotatable bonds is 5. The first-order chi connectivity index (χ1) is 11.7. The Morgan fingerprint density at radius 1 is 1.17 bits per heavy atom. The molecule has 0 N–H and O–H groups in total. The number of amides is 1. The van der Waals surface area contributed by atoms with Crippen molar-refractivity contribution in [1.29, 1.82) is 0 Å². The first-order valence-electron chi connectivity index (χ1n) is 7.73. The minimum absolute atomic E-state index is 0.0646. The third kappa shape index (κ3) is 3.91. The Bertz CT molecular complexity index is 832. The molecule has 0 atom stereocenters. The van der Waals surface area contributed by atoms with Gasteiger partial charge in [0.25, 0.3) is 0 Å². The molecular formula is C19H17BrN2OS. The van der Waals surface area contributed by atoms with Gasteiger partial charge in [-0.1, -0.05) is 46.3 Å². The van der Waals surface area contributed by atoms with Crippen LogP contribution in [0.15, 0.2) is 64.5 Å². The number of thiazole rings is 1. The minimum atomic E-state index is 0.0646. The lowest BCUT2D eigenvalue weighted by molar-refractivity contribution is -0.118. The standard InChI is InChI=1S/C19H17BrN2OS/c1-2-22(17-9-4-3-5-10-17)18(23)12-16-13-24-19(21-16)14-7-6-8-15(20)11-14/h3-11,13H,2,12H2,1H3. The number of para-hydroxylation sites is 1. The van der Waals surface area contributed by atoms with Crippen molar-refractivity contribution in [2.45, 2.75) is 13.3 Å². The summed E-state index contributed by atoms with van der Waals surface area (Å²) in [6.07, 6.45) is 0.313. The fraction of sp³-hybridized carbons (Fsp3) is 0.158. The van der Waals surface area contributed by atoms with Crippen LogP contribution in [0.25, 0.3) is 10.6 Å². The van der Waals surface area contributed by atoms with Crippen molar-refractivity contribution in [2.24, 2.45) is 0 Å². The molecule has 0 saturated heterocycles. The number of carbonyl (C=O) groups excluding carboxylic acids is 1. The van der Waals surface area contributed by atoms with E-state index >= 15 is 0 Å². The zero-order valence-electron chi connectivity index (χ0n) is 13.3. The van der Waals surface area contributed by atoms with E-state index in [0.29, 0.717) is 13.0 Å². The summed E-state index contributed by atoms with van der Waals surface area (Å²) < 4.78 is 1.02. The lowest BCUT2D eigenvalue weighted by atomic mass is 10.2. The molecule has 2 aromatic carbocycles. The molecule has 3 nitrogen and oxygen atoms in total. The molecule has 0 fully saturated rings. The largest absolute Gasteiger partial charge is 0.312 e. The predicted octanol–water partition coefficient (Wildman–Crippen LogP) is 5.17. The maximum atomic E-state index is 12.6. The Morgan fingerprint density at radius 3 is 2.67 bits per heavy atom. The normalized spacial score (nSPS) is 10.6. The van der Waals surface area contributed by atoms with Crippen molar-refractivity contribution in [3.8, 4) is 10.6 Å². The fourth-order valence-electron chi connectivity index (χ4n) is 2.50. The van der Waals surface area contributed by atoms with E-state index in [1.807, 2.05) is 66.9 Å². The number of likely N-dealkylation sites (N-methyl/N-ethyl adjacent to an activating group) is 1. The van der Waals surface area contributed by atoms with Crippen molar-refractivity contribution >= 4 is 38.9 Å². The third-order valence-electron chi connectivity index (χ3n) is 3.64. The second-order valence-electron chi connectivity index (χ2n) is 5.30. The van der Waals surface area contributed by atoms with Gasteiger partial charge < -0.3 is 4.90 Å². The van der Waals surface area contributed by atoms with Crippen LogP contribution >= 0.6 is 27.3 Å². The Morgan fingerprint density at radius 2 is 1.96 bits per heavy atom. The molecule has 5 heteroatoms. The summed E-state index contributed by atoms with van der Waals surface area (Å²) in [5.74, 6) is 0.0646. The van der Waals surface area contributed by atoms with E-state index in [2.05, 4.69) is 20.9 Å². The Labute approximate surface area is 154 Å². The van der Waals surface area contributed by atoms with Gasteiger partial charge in [-0.15, -0.1) is 11.3 Å². The van der Waals surface area contributed by atoms with Crippen molar-refractivity contribution in [3.05, 3.63) is 70.1 Å². The van der Waals surface area contributed by atoms with Crippen molar-refractivity contribution in [3.63, 3.8) is 0 Å². The third-order valence-corrected chi connectivity index (χ3v) is 5.07. The number of hydrogen-bond acceptors (Lipinski definition) is 3. The summed E-state index contributed by atoms with van der Waals surface area (Å²) in [5.41, 5.74) is 2.80. The van der Waals surface area contributed by atoms with Crippen LogP contribution in [0, 0.1) is 0 Å². The Balaban J connectivity index is 1.75. The van der Waals surface area contributed by atoms with E-state index in [1.165, 1.54) is 0 Å². The molecule has 122 valence electrons. The topological polar surface area (TPSA) is 33.2 Å². The number of carbonyl (C=O) groups is 1. The predicted molar refractivity (Wildman–Crippen MR) is 103 cm³/mol.